The molecule has 0 radical (unpaired) electrons. The summed E-state index contributed by atoms with van der Waals surface area (Å²) < 4.78 is 0. The molecule has 1 saturated heterocycles. The molecule has 1 aliphatic carbocycles. The number of hydrogen-bond acceptors (Lipinski definition) is 2. The summed E-state index contributed by atoms with van der Waals surface area (Å²) in [7, 11) is 0. The molecule has 2 aromatic rings. The molecule has 0 unspecified atom stereocenters. The van der Waals surface area contributed by atoms with E-state index in [0.717, 1.165) is 38.8 Å². The number of rotatable bonds is 6. The molecule has 2 amide bonds. The van der Waals surface area contributed by atoms with Crippen LogP contribution in [0.15, 0.2) is 60.7 Å². The molecular weight excluding hydrogens is 384 g/mol. The third-order valence-corrected chi connectivity index (χ3v) is 6.95. The number of piperidine rings is 1. The van der Waals surface area contributed by atoms with Gasteiger partial charge in [-0.05, 0) is 36.8 Å². The van der Waals surface area contributed by atoms with Crippen molar-refractivity contribution in [3.63, 3.8) is 0 Å². The van der Waals surface area contributed by atoms with Crippen LogP contribution in [0.2, 0.25) is 0 Å². The number of benzene rings is 2. The Morgan fingerprint density at radius 1 is 0.806 bits per heavy atom. The Morgan fingerprint density at radius 3 is 1.90 bits per heavy atom. The van der Waals surface area contributed by atoms with Crippen LogP contribution in [-0.4, -0.2) is 35.8 Å². The Hall–Kier alpha value is -2.62. The average Bonchev–Trinajstić information content (AvgIpc) is 2.84. The second kappa shape index (κ2) is 10.6. The molecule has 4 nitrogen and oxygen atoms in total. The molecule has 1 saturated carbocycles. The highest BCUT2D eigenvalue weighted by Gasteiger charge is 2.28. The largest absolute Gasteiger partial charge is 0.353 e. The molecule has 4 heteroatoms. The van der Waals surface area contributed by atoms with Crippen LogP contribution in [0.25, 0.3) is 0 Å². The Kier molecular flexibility index (Phi) is 7.39. The van der Waals surface area contributed by atoms with E-state index in [-0.39, 0.29) is 29.7 Å². The Balaban J connectivity index is 1.32. The minimum atomic E-state index is 0.0682. The van der Waals surface area contributed by atoms with E-state index in [1.165, 1.54) is 30.4 Å². The van der Waals surface area contributed by atoms with Gasteiger partial charge in [-0.15, -0.1) is 0 Å². The monoisotopic (exact) mass is 418 g/mol. The number of carbonyl (C=O) groups is 2. The van der Waals surface area contributed by atoms with Gasteiger partial charge in [-0.1, -0.05) is 79.9 Å². The summed E-state index contributed by atoms with van der Waals surface area (Å²) in [5.74, 6) is 0.706. The molecule has 0 bridgehead atoms. The minimum Gasteiger partial charge on any atom is -0.353 e. The van der Waals surface area contributed by atoms with Gasteiger partial charge < -0.3 is 10.2 Å². The van der Waals surface area contributed by atoms with E-state index in [0.29, 0.717) is 6.42 Å². The first-order valence-electron chi connectivity index (χ1n) is 11.9. The van der Waals surface area contributed by atoms with Crippen molar-refractivity contribution in [1.29, 1.82) is 0 Å². The predicted molar refractivity (Wildman–Crippen MR) is 124 cm³/mol. The summed E-state index contributed by atoms with van der Waals surface area (Å²) in [5.41, 5.74) is 2.35. The zero-order valence-electron chi connectivity index (χ0n) is 18.3. The first kappa shape index (κ1) is 21.6. The van der Waals surface area contributed by atoms with Crippen molar-refractivity contribution < 1.29 is 9.59 Å². The molecule has 4 rings (SSSR count). The zero-order chi connectivity index (χ0) is 21.5. The van der Waals surface area contributed by atoms with E-state index >= 15 is 0 Å². The van der Waals surface area contributed by atoms with E-state index < -0.39 is 0 Å². The van der Waals surface area contributed by atoms with Gasteiger partial charge in [-0.3, -0.25) is 9.59 Å². The maximum Gasteiger partial charge on any atom is 0.223 e. The molecule has 1 N–H and O–H groups in total. The highest BCUT2D eigenvalue weighted by Crippen LogP contribution is 2.29. The zero-order valence-corrected chi connectivity index (χ0v) is 18.3. The lowest BCUT2D eigenvalue weighted by molar-refractivity contribution is -0.132. The van der Waals surface area contributed by atoms with Crippen LogP contribution in [0.3, 0.4) is 0 Å². The number of carbonyl (C=O) groups excluding carboxylic acids is 2. The lowest BCUT2D eigenvalue weighted by Crippen LogP contribution is -2.48. The van der Waals surface area contributed by atoms with Gasteiger partial charge in [-0.25, -0.2) is 0 Å². The van der Waals surface area contributed by atoms with Crippen molar-refractivity contribution in [1.82, 2.24) is 10.2 Å². The average molecular weight is 419 g/mol. The molecule has 1 heterocycles. The topological polar surface area (TPSA) is 49.4 Å². The fourth-order valence-electron chi connectivity index (χ4n) is 5.06. The first-order chi connectivity index (χ1) is 15.2. The van der Waals surface area contributed by atoms with E-state index in [1.54, 1.807) is 0 Å². The number of likely N-dealkylation sites (tertiary alicyclic amines) is 1. The van der Waals surface area contributed by atoms with Gasteiger partial charge in [0.15, 0.2) is 0 Å². The van der Waals surface area contributed by atoms with Crippen molar-refractivity contribution >= 4 is 11.8 Å². The van der Waals surface area contributed by atoms with Crippen molar-refractivity contribution in [2.45, 2.75) is 63.3 Å². The van der Waals surface area contributed by atoms with Gasteiger partial charge in [0.2, 0.25) is 11.8 Å². The standard InChI is InChI=1S/C27H34N2O2/c30-26(20-25(21-10-4-1-5-11-21)22-12-6-2-7-13-22)29-18-16-24(17-19-29)28-27(31)23-14-8-3-9-15-23/h1-2,4-7,10-13,23-25H,3,8-9,14-20H2,(H,28,31). The fourth-order valence-corrected chi connectivity index (χ4v) is 5.06. The van der Waals surface area contributed by atoms with Crippen LogP contribution in [0.1, 0.15) is 68.4 Å². The lowest BCUT2D eigenvalue weighted by Gasteiger charge is -2.34. The van der Waals surface area contributed by atoms with Gasteiger partial charge in [0, 0.05) is 37.4 Å². The molecule has 1 aliphatic heterocycles. The molecule has 2 aromatic carbocycles. The molecule has 164 valence electrons. The van der Waals surface area contributed by atoms with Crippen molar-refractivity contribution in [2.24, 2.45) is 5.92 Å². The smallest absolute Gasteiger partial charge is 0.223 e. The van der Waals surface area contributed by atoms with Crippen LogP contribution in [0.4, 0.5) is 0 Å². The summed E-state index contributed by atoms with van der Waals surface area (Å²) in [6.07, 6.45) is 7.86. The molecular formula is C27H34N2O2. The summed E-state index contributed by atoms with van der Waals surface area (Å²) in [6, 6.07) is 20.8. The minimum absolute atomic E-state index is 0.0682. The molecule has 2 fully saturated rings. The van der Waals surface area contributed by atoms with Crippen LogP contribution in [0.5, 0.6) is 0 Å². The van der Waals surface area contributed by atoms with E-state index in [1.807, 2.05) is 41.3 Å². The third kappa shape index (κ3) is 5.75. The maximum atomic E-state index is 13.2. The highest BCUT2D eigenvalue weighted by molar-refractivity contribution is 5.79. The van der Waals surface area contributed by atoms with Gasteiger partial charge in [0.25, 0.3) is 0 Å². The van der Waals surface area contributed by atoms with Crippen LogP contribution < -0.4 is 5.32 Å². The van der Waals surface area contributed by atoms with Gasteiger partial charge in [0.05, 0.1) is 0 Å². The highest BCUT2D eigenvalue weighted by atomic mass is 16.2. The normalized spacial score (nSPS) is 18.2. The summed E-state index contributed by atoms with van der Waals surface area (Å²) >= 11 is 0. The molecule has 0 atom stereocenters. The van der Waals surface area contributed by atoms with Crippen molar-refractivity contribution in [3.8, 4) is 0 Å². The van der Waals surface area contributed by atoms with E-state index in [2.05, 4.69) is 29.6 Å². The SMILES string of the molecule is O=C(NC1CCN(C(=O)CC(c2ccccc2)c2ccccc2)CC1)C1CCCCC1. The van der Waals surface area contributed by atoms with Crippen LogP contribution in [-0.2, 0) is 9.59 Å². The number of hydrogen-bond donors (Lipinski definition) is 1. The van der Waals surface area contributed by atoms with Crippen LogP contribution in [0, 0.1) is 5.92 Å². The van der Waals surface area contributed by atoms with E-state index in [9.17, 15) is 9.59 Å². The van der Waals surface area contributed by atoms with E-state index in [4.69, 9.17) is 0 Å². The molecule has 0 spiro atoms. The summed E-state index contributed by atoms with van der Waals surface area (Å²) in [6.45, 7) is 1.45. The quantitative estimate of drug-likeness (QED) is 0.726. The Bertz CT molecular complexity index is 799. The third-order valence-electron chi connectivity index (χ3n) is 6.95. The molecule has 31 heavy (non-hydrogen) atoms. The second-order valence-electron chi connectivity index (χ2n) is 9.08. The Morgan fingerprint density at radius 2 is 1.35 bits per heavy atom. The van der Waals surface area contributed by atoms with Gasteiger partial charge in [0.1, 0.15) is 0 Å². The van der Waals surface area contributed by atoms with Crippen molar-refractivity contribution in [3.05, 3.63) is 71.8 Å². The van der Waals surface area contributed by atoms with Gasteiger partial charge in [-0.2, -0.15) is 0 Å². The van der Waals surface area contributed by atoms with Crippen LogP contribution >= 0.6 is 0 Å². The number of nitrogens with one attached hydrogen (secondary N) is 1. The summed E-state index contributed by atoms with van der Waals surface area (Å²) in [5, 5.41) is 3.26. The number of amides is 2. The predicted octanol–water partition coefficient (Wildman–Crippen LogP) is 4.90. The Labute approximate surface area is 186 Å². The summed E-state index contributed by atoms with van der Waals surface area (Å²) in [4.78, 5) is 27.7. The van der Waals surface area contributed by atoms with Crippen molar-refractivity contribution in [2.75, 3.05) is 13.1 Å². The maximum absolute atomic E-state index is 13.2. The molecule has 0 aromatic heterocycles. The second-order valence-corrected chi connectivity index (χ2v) is 9.08. The fraction of sp³-hybridized carbons (Fsp3) is 0.481. The molecule has 2 aliphatic rings. The number of nitrogens with zero attached hydrogens (tertiary/aromatic N) is 1. The van der Waals surface area contributed by atoms with Gasteiger partial charge >= 0.3 is 0 Å². The lowest BCUT2D eigenvalue weighted by atomic mass is 9.87. The first-order valence-corrected chi connectivity index (χ1v) is 11.9.